The molecule has 1 aliphatic heterocycles. The van der Waals surface area contributed by atoms with Crippen LogP contribution < -0.4 is 21.3 Å². The van der Waals surface area contributed by atoms with Crippen LogP contribution in [0.15, 0.2) is 48.8 Å². The van der Waals surface area contributed by atoms with Crippen LogP contribution in [-0.4, -0.2) is 69.5 Å². The van der Waals surface area contributed by atoms with E-state index in [9.17, 15) is 34.2 Å². The monoisotopic (exact) mass is 525 g/mol. The zero-order valence-corrected chi connectivity index (χ0v) is 20.7. The molecule has 0 radical (unpaired) electrons. The number of pyridine rings is 1. The molecule has 202 valence electrons. The highest BCUT2D eigenvalue weighted by Crippen LogP contribution is 2.33. The molecule has 0 saturated heterocycles. The molecule has 3 amide bonds. The van der Waals surface area contributed by atoms with E-state index < -0.39 is 47.8 Å². The summed E-state index contributed by atoms with van der Waals surface area (Å²) in [4.78, 5) is 67.4. The molecule has 2 heterocycles. The van der Waals surface area contributed by atoms with Crippen LogP contribution in [0.2, 0.25) is 0 Å². The minimum atomic E-state index is -1.43. The number of hydrogen-bond donors (Lipinski definition) is 5. The van der Waals surface area contributed by atoms with Crippen LogP contribution in [0.4, 0.5) is 5.69 Å². The Balaban J connectivity index is 1.67. The van der Waals surface area contributed by atoms with Crippen molar-refractivity contribution >= 4 is 35.3 Å². The number of carbonyl (C=O) groups excluding carboxylic acids is 3. The summed E-state index contributed by atoms with van der Waals surface area (Å²) in [5.41, 5.74) is 6.95. The number of carboxylic acid groups (broad SMARTS) is 2. The fraction of sp³-hybridized carbons (Fsp3) is 0.385. The van der Waals surface area contributed by atoms with Gasteiger partial charge < -0.3 is 26.6 Å². The predicted molar refractivity (Wildman–Crippen MR) is 136 cm³/mol. The number of para-hydroxylation sites is 1. The van der Waals surface area contributed by atoms with Crippen LogP contribution in [0, 0.1) is 0 Å². The van der Waals surface area contributed by atoms with Crippen molar-refractivity contribution < 1.29 is 34.2 Å². The van der Waals surface area contributed by atoms with Gasteiger partial charge in [-0.15, -0.1) is 0 Å². The number of aliphatic carboxylic acids is 2. The molecule has 0 unspecified atom stereocenters. The predicted octanol–water partition coefficient (Wildman–Crippen LogP) is 0.701. The fourth-order valence-corrected chi connectivity index (χ4v) is 4.31. The molecule has 0 saturated carbocycles. The molecule has 0 aliphatic carbocycles. The molecule has 12 nitrogen and oxygen atoms in total. The largest absolute Gasteiger partial charge is 0.480 e. The highest BCUT2D eigenvalue weighted by atomic mass is 16.4. The van der Waals surface area contributed by atoms with Crippen molar-refractivity contribution in [2.24, 2.45) is 5.73 Å². The van der Waals surface area contributed by atoms with Crippen LogP contribution in [0.25, 0.3) is 0 Å². The fourth-order valence-electron chi connectivity index (χ4n) is 4.31. The van der Waals surface area contributed by atoms with Crippen molar-refractivity contribution in [2.45, 2.75) is 56.7 Å². The van der Waals surface area contributed by atoms with E-state index in [1.165, 1.54) is 23.4 Å². The van der Waals surface area contributed by atoms with Gasteiger partial charge in [0.2, 0.25) is 11.8 Å². The molecule has 3 rings (SSSR count). The van der Waals surface area contributed by atoms with Gasteiger partial charge in [0.25, 0.3) is 5.91 Å². The minimum Gasteiger partial charge on any atom is -0.480 e. The van der Waals surface area contributed by atoms with E-state index in [1.807, 2.05) is 0 Å². The summed E-state index contributed by atoms with van der Waals surface area (Å²) in [6.45, 7) is 0.391. The lowest BCUT2D eigenvalue weighted by atomic mass is 10.1. The maximum Gasteiger partial charge on any atom is 0.327 e. The van der Waals surface area contributed by atoms with Crippen molar-refractivity contribution in [1.82, 2.24) is 15.6 Å². The first-order valence-corrected chi connectivity index (χ1v) is 12.3. The lowest BCUT2D eigenvalue weighted by Gasteiger charge is -2.24. The molecule has 0 fully saturated rings. The van der Waals surface area contributed by atoms with Crippen molar-refractivity contribution in [3.05, 3.63) is 59.9 Å². The van der Waals surface area contributed by atoms with Gasteiger partial charge >= 0.3 is 11.9 Å². The van der Waals surface area contributed by atoms with Gasteiger partial charge in [-0.05, 0) is 56.0 Å². The maximum absolute atomic E-state index is 13.0. The van der Waals surface area contributed by atoms with Crippen molar-refractivity contribution in [2.75, 3.05) is 11.4 Å². The van der Waals surface area contributed by atoms with Gasteiger partial charge in [-0.25, -0.2) is 9.59 Å². The van der Waals surface area contributed by atoms with Crippen molar-refractivity contribution in [3.63, 3.8) is 0 Å². The molecule has 1 aromatic carbocycles. The first-order valence-electron chi connectivity index (χ1n) is 12.3. The number of aromatic nitrogens is 1. The number of nitrogens with zero attached hydrogens (tertiary/aromatic N) is 2. The second kappa shape index (κ2) is 13.3. The highest BCUT2D eigenvalue weighted by molar-refractivity contribution is 6.02. The number of nitrogens with one attached hydrogen (secondary N) is 2. The number of unbranched alkanes of at least 4 members (excludes halogenated alkanes) is 1. The lowest BCUT2D eigenvalue weighted by Crippen LogP contribution is -2.52. The van der Waals surface area contributed by atoms with E-state index in [-0.39, 0.29) is 31.2 Å². The number of fused-ring (bicyclic) bond motifs is 1. The van der Waals surface area contributed by atoms with Crippen LogP contribution in [0.1, 0.15) is 48.0 Å². The molecule has 2 aromatic rings. The second-order valence-electron chi connectivity index (χ2n) is 8.94. The summed E-state index contributed by atoms with van der Waals surface area (Å²) in [7, 11) is 0. The average molecular weight is 526 g/mol. The van der Waals surface area contributed by atoms with Crippen LogP contribution in [0.5, 0.6) is 0 Å². The molecule has 1 aromatic heterocycles. The van der Waals surface area contributed by atoms with Gasteiger partial charge in [-0.1, -0.05) is 18.2 Å². The van der Waals surface area contributed by atoms with Crippen molar-refractivity contribution in [3.8, 4) is 0 Å². The van der Waals surface area contributed by atoms with Crippen molar-refractivity contribution in [1.29, 1.82) is 0 Å². The standard InChI is InChI=1S/C26H31N5O7/c27-12-4-3-8-18(29-23(33)17-7-5-13-28-15-17)24(34)30-19(25(35)36)10-11-22(32)31-20-9-2-1-6-16(20)14-21(31)26(37)38/h1-2,5-7,9,13,15,18-19,21H,3-4,8,10-12,14,27H2,(H,29,33)(H,30,34)(H,35,36)(H,37,38)/t18-,19+,21-/m0/s1. The number of nitrogens with two attached hydrogens (primary N) is 1. The number of benzene rings is 1. The summed E-state index contributed by atoms with van der Waals surface area (Å²) in [6, 6.07) is 6.37. The van der Waals surface area contributed by atoms with E-state index in [1.54, 1.807) is 30.3 Å². The Morgan fingerprint density at radius 3 is 2.42 bits per heavy atom. The van der Waals surface area contributed by atoms with E-state index in [2.05, 4.69) is 15.6 Å². The Labute approximate surface area is 219 Å². The van der Waals surface area contributed by atoms with Crippen LogP contribution in [0.3, 0.4) is 0 Å². The lowest BCUT2D eigenvalue weighted by molar-refractivity contribution is -0.143. The van der Waals surface area contributed by atoms with E-state index >= 15 is 0 Å². The third-order valence-electron chi connectivity index (χ3n) is 6.28. The number of rotatable bonds is 13. The summed E-state index contributed by atoms with van der Waals surface area (Å²) < 4.78 is 0. The van der Waals surface area contributed by atoms with E-state index in [0.29, 0.717) is 30.6 Å². The maximum atomic E-state index is 13.0. The van der Waals surface area contributed by atoms with E-state index in [0.717, 1.165) is 0 Å². The first-order chi connectivity index (χ1) is 18.2. The number of hydrogen-bond acceptors (Lipinski definition) is 7. The average Bonchev–Trinajstić information content (AvgIpc) is 3.30. The van der Waals surface area contributed by atoms with Crippen LogP contribution in [-0.2, 0) is 25.6 Å². The summed E-state index contributed by atoms with van der Waals surface area (Å²) >= 11 is 0. The Bertz CT molecular complexity index is 1170. The van der Waals surface area contributed by atoms with Gasteiger partial charge in [0.05, 0.1) is 5.56 Å². The van der Waals surface area contributed by atoms with E-state index in [4.69, 9.17) is 5.73 Å². The number of carboxylic acids is 2. The number of anilines is 1. The molecule has 1 aliphatic rings. The Hall–Kier alpha value is -4.32. The Morgan fingerprint density at radius 1 is 1.00 bits per heavy atom. The quantitative estimate of drug-likeness (QED) is 0.234. The Kier molecular flexibility index (Phi) is 9.88. The highest BCUT2D eigenvalue weighted by Gasteiger charge is 2.38. The Morgan fingerprint density at radius 2 is 1.76 bits per heavy atom. The summed E-state index contributed by atoms with van der Waals surface area (Å²) in [5, 5.41) is 24.3. The molecule has 0 spiro atoms. The van der Waals surface area contributed by atoms with Gasteiger partial charge in [0.1, 0.15) is 18.1 Å². The van der Waals surface area contributed by atoms with Gasteiger partial charge in [-0.2, -0.15) is 0 Å². The smallest absolute Gasteiger partial charge is 0.327 e. The third kappa shape index (κ3) is 7.13. The molecule has 0 bridgehead atoms. The minimum absolute atomic E-state index is 0.150. The van der Waals surface area contributed by atoms with Gasteiger partial charge in [-0.3, -0.25) is 24.3 Å². The number of carbonyl (C=O) groups is 5. The molecule has 12 heteroatoms. The molecule has 3 atom stereocenters. The molecule has 38 heavy (non-hydrogen) atoms. The normalized spacial score (nSPS) is 15.7. The molecular weight excluding hydrogens is 494 g/mol. The summed E-state index contributed by atoms with van der Waals surface area (Å²) in [5.74, 6) is -4.34. The first kappa shape index (κ1) is 28.3. The van der Waals surface area contributed by atoms with Gasteiger partial charge in [0, 0.05) is 30.9 Å². The topological polar surface area (TPSA) is 192 Å². The third-order valence-corrected chi connectivity index (χ3v) is 6.28. The SMILES string of the molecule is NCCCC[C@H](NC(=O)c1cccnc1)C(=O)N[C@H](CCC(=O)N1c2ccccc2C[C@H]1C(=O)O)C(=O)O. The second-order valence-corrected chi connectivity index (χ2v) is 8.94. The summed E-state index contributed by atoms with van der Waals surface area (Å²) in [6.07, 6.45) is 3.76. The molecule has 6 N–H and O–H groups in total. The zero-order chi connectivity index (χ0) is 27.7. The van der Waals surface area contributed by atoms with Crippen LogP contribution >= 0.6 is 0 Å². The zero-order valence-electron chi connectivity index (χ0n) is 20.7. The molecular formula is C26H31N5O7. The number of amides is 3. The van der Waals surface area contributed by atoms with Gasteiger partial charge in [0.15, 0.2) is 0 Å².